The monoisotopic (exact) mass is 267 g/mol. The van der Waals surface area contributed by atoms with Crippen LogP contribution in [0.2, 0.25) is 0 Å². The Labute approximate surface area is 112 Å². The van der Waals surface area contributed by atoms with Crippen LogP contribution in [0.4, 0.5) is 0 Å². The molecule has 0 saturated heterocycles. The Morgan fingerprint density at radius 3 is 3.00 bits per heavy atom. The molecule has 1 heterocycles. The highest BCUT2D eigenvalue weighted by Gasteiger charge is 2.04. The van der Waals surface area contributed by atoms with Gasteiger partial charge in [0.2, 0.25) is 0 Å². The lowest BCUT2D eigenvalue weighted by molar-refractivity contribution is 0.503. The number of hydrogen-bond acceptors (Lipinski definition) is 2. The average molecular weight is 268 g/mol. The van der Waals surface area contributed by atoms with E-state index in [1.807, 2.05) is 11.3 Å². The zero-order valence-electron chi connectivity index (χ0n) is 10.1. The molecule has 0 aliphatic carbocycles. The summed E-state index contributed by atoms with van der Waals surface area (Å²) < 4.78 is 1.37. The molecule has 0 aliphatic heterocycles. The van der Waals surface area contributed by atoms with E-state index in [2.05, 4.69) is 41.9 Å². The summed E-state index contributed by atoms with van der Waals surface area (Å²) in [6, 6.07) is 8.58. The number of benzene rings is 1. The predicted molar refractivity (Wildman–Crippen MR) is 78.0 cm³/mol. The van der Waals surface area contributed by atoms with Crippen LogP contribution in [-0.2, 0) is 6.54 Å². The molecule has 3 heteroatoms. The van der Waals surface area contributed by atoms with Gasteiger partial charge in [0.05, 0.1) is 0 Å². The third-order valence-corrected chi connectivity index (χ3v) is 4.20. The summed E-state index contributed by atoms with van der Waals surface area (Å²) in [6.45, 7) is 4.23. The van der Waals surface area contributed by atoms with E-state index in [9.17, 15) is 0 Å². The van der Waals surface area contributed by atoms with Crippen LogP contribution in [0.25, 0.3) is 10.1 Å². The molecule has 0 spiro atoms. The summed E-state index contributed by atoms with van der Waals surface area (Å²) in [4.78, 5) is 0. The number of nitrogens with one attached hydrogen (secondary N) is 1. The van der Waals surface area contributed by atoms with Gasteiger partial charge in [0.1, 0.15) is 0 Å². The summed E-state index contributed by atoms with van der Waals surface area (Å²) in [5.74, 6) is 1.40. The molecule has 1 aromatic heterocycles. The van der Waals surface area contributed by atoms with Crippen LogP contribution in [0.1, 0.15) is 18.9 Å². The molecule has 1 aromatic carbocycles. The lowest BCUT2D eigenvalue weighted by Crippen LogP contribution is -2.20. The van der Waals surface area contributed by atoms with Crippen molar-refractivity contribution in [3.63, 3.8) is 0 Å². The SMILES string of the molecule is CC(CCCl)CNCc1csc2ccccc12. The minimum atomic E-state index is 0.650. The van der Waals surface area contributed by atoms with Gasteiger partial charge in [-0.1, -0.05) is 25.1 Å². The standard InChI is InChI=1S/C14H18ClNS/c1-11(6-7-15)8-16-9-12-10-17-14-5-3-2-4-13(12)14/h2-5,10-11,16H,6-9H2,1H3. The second-order valence-corrected chi connectivity index (χ2v) is 5.76. The zero-order valence-corrected chi connectivity index (χ0v) is 11.7. The molecule has 0 aliphatic rings. The van der Waals surface area contributed by atoms with Gasteiger partial charge >= 0.3 is 0 Å². The van der Waals surface area contributed by atoms with Crippen molar-refractivity contribution in [3.05, 3.63) is 35.2 Å². The molecule has 92 valence electrons. The Kier molecular flexibility index (Phi) is 4.84. The van der Waals surface area contributed by atoms with Crippen LogP contribution in [0.5, 0.6) is 0 Å². The fourth-order valence-electron chi connectivity index (χ4n) is 1.91. The molecular weight excluding hydrogens is 250 g/mol. The van der Waals surface area contributed by atoms with Crippen molar-refractivity contribution in [2.24, 2.45) is 5.92 Å². The van der Waals surface area contributed by atoms with Crippen LogP contribution < -0.4 is 5.32 Å². The van der Waals surface area contributed by atoms with Gasteiger partial charge in [0.15, 0.2) is 0 Å². The number of fused-ring (bicyclic) bond motifs is 1. The molecule has 1 nitrogen and oxygen atoms in total. The second-order valence-electron chi connectivity index (χ2n) is 4.47. The van der Waals surface area contributed by atoms with Crippen molar-refractivity contribution in [3.8, 4) is 0 Å². The third kappa shape index (κ3) is 3.44. The van der Waals surface area contributed by atoms with Gasteiger partial charge in [0, 0.05) is 17.1 Å². The first-order chi connectivity index (χ1) is 8.31. The molecule has 0 bridgehead atoms. The van der Waals surface area contributed by atoms with Crippen molar-refractivity contribution in [1.82, 2.24) is 5.32 Å². The smallest absolute Gasteiger partial charge is 0.0346 e. The van der Waals surface area contributed by atoms with Gasteiger partial charge in [-0.25, -0.2) is 0 Å². The molecule has 1 atom stereocenters. The normalized spacial score (nSPS) is 13.1. The Balaban J connectivity index is 1.91. The van der Waals surface area contributed by atoms with Gasteiger partial charge in [-0.2, -0.15) is 0 Å². The van der Waals surface area contributed by atoms with Gasteiger partial charge in [-0.05, 0) is 41.3 Å². The van der Waals surface area contributed by atoms with Gasteiger partial charge < -0.3 is 5.32 Å². The average Bonchev–Trinajstić information content (AvgIpc) is 2.73. The summed E-state index contributed by atoms with van der Waals surface area (Å²) in [7, 11) is 0. The lowest BCUT2D eigenvalue weighted by Gasteiger charge is -2.10. The minimum absolute atomic E-state index is 0.650. The molecule has 2 rings (SSSR count). The maximum atomic E-state index is 5.73. The van der Waals surface area contributed by atoms with Crippen LogP contribution in [0.3, 0.4) is 0 Å². The maximum Gasteiger partial charge on any atom is 0.0346 e. The molecule has 17 heavy (non-hydrogen) atoms. The molecule has 1 N–H and O–H groups in total. The second kappa shape index (κ2) is 6.39. The molecule has 0 fully saturated rings. The van der Waals surface area contributed by atoms with Crippen molar-refractivity contribution in [1.29, 1.82) is 0 Å². The number of thiophene rings is 1. The molecule has 0 saturated carbocycles. The van der Waals surface area contributed by atoms with E-state index >= 15 is 0 Å². The predicted octanol–water partition coefficient (Wildman–Crippen LogP) is 4.26. The van der Waals surface area contributed by atoms with E-state index in [1.165, 1.54) is 15.6 Å². The van der Waals surface area contributed by atoms with E-state index in [0.717, 1.165) is 25.4 Å². The van der Waals surface area contributed by atoms with Crippen LogP contribution in [0, 0.1) is 5.92 Å². The highest BCUT2D eigenvalue weighted by Crippen LogP contribution is 2.25. The fraction of sp³-hybridized carbons (Fsp3) is 0.429. The van der Waals surface area contributed by atoms with E-state index in [4.69, 9.17) is 11.6 Å². The number of rotatable bonds is 6. The van der Waals surface area contributed by atoms with E-state index in [0.29, 0.717) is 5.92 Å². The summed E-state index contributed by atoms with van der Waals surface area (Å²) in [5.41, 5.74) is 1.41. The van der Waals surface area contributed by atoms with E-state index in [-0.39, 0.29) is 0 Å². The largest absolute Gasteiger partial charge is 0.312 e. The Morgan fingerprint density at radius 2 is 2.18 bits per heavy atom. The lowest BCUT2D eigenvalue weighted by atomic mass is 10.1. The topological polar surface area (TPSA) is 12.0 Å². The molecule has 0 amide bonds. The molecule has 1 unspecified atom stereocenters. The quantitative estimate of drug-likeness (QED) is 0.772. The summed E-state index contributed by atoms with van der Waals surface area (Å²) in [6.07, 6.45) is 1.08. The molecule has 0 radical (unpaired) electrons. The van der Waals surface area contributed by atoms with E-state index < -0.39 is 0 Å². The highest BCUT2D eigenvalue weighted by molar-refractivity contribution is 7.17. The van der Waals surface area contributed by atoms with E-state index in [1.54, 1.807) is 0 Å². The van der Waals surface area contributed by atoms with Gasteiger partial charge in [-0.15, -0.1) is 22.9 Å². The molecule has 2 aromatic rings. The Hall–Kier alpha value is -0.570. The third-order valence-electron chi connectivity index (χ3n) is 2.97. The number of hydrogen-bond donors (Lipinski definition) is 1. The van der Waals surface area contributed by atoms with Crippen LogP contribution in [-0.4, -0.2) is 12.4 Å². The van der Waals surface area contributed by atoms with Crippen LogP contribution in [0.15, 0.2) is 29.6 Å². The zero-order chi connectivity index (χ0) is 12.1. The first kappa shape index (κ1) is 12.9. The van der Waals surface area contributed by atoms with Gasteiger partial charge in [0.25, 0.3) is 0 Å². The van der Waals surface area contributed by atoms with Crippen molar-refractivity contribution in [2.45, 2.75) is 19.9 Å². The Morgan fingerprint density at radius 1 is 1.35 bits per heavy atom. The fourth-order valence-corrected chi connectivity index (χ4v) is 3.25. The highest BCUT2D eigenvalue weighted by atomic mass is 35.5. The first-order valence-electron chi connectivity index (χ1n) is 6.03. The van der Waals surface area contributed by atoms with Crippen molar-refractivity contribution >= 4 is 33.0 Å². The first-order valence-corrected chi connectivity index (χ1v) is 7.44. The minimum Gasteiger partial charge on any atom is -0.312 e. The van der Waals surface area contributed by atoms with Gasteiger partial charge in [-0.3, -0.25) is 0 Å². The van der Waals surface area contributed by atoms with Crippen LogP contribution >= 0.6 is 22.9 Å². The maximum absolute atomic E-state index is 5.73. The summed E-state index contributed by atoms with van der Waals surface area (Å²) in [5, 5.41) is 7.15. The Bertz CT molecular complexity index is 466. The molecular formula is C14H18ClNS. The van der Waals surface area contributed by atoms with Crippen molar-refractivity contribution < 1.29 is 0 Å². The number of halogens is 1. The summed E-state index contributed by atoms with van der Waals surface area (Å²) >= 11 is 7.55. The van der Waals surface area contributed by atoms with Crippen molar-refractivity contribution in [2.75, 3.05) is 12.4 Å². The number of alkyl halides is 1.